The topological polar surface area (TPSA) is 37.3 Å². The first-order valence-electron chi connectivity index (χ1n) is 8.17. The summed E-state index contributed by atoms with van der Waals surface area (Å²) >= 11 is 0. The van der Waals surface area contributed by atoms with Crippen molar-refractivity contribution in [2.24, 2.45) is 5.41 Å². The smallest absolute Gasteiger partial charge is 0.126 e. The van der Waals surface area contributed by atoms with E-state index in [0.29, 0.717) is 12.2 Å². The molecule has 1 unspecified atom stereocenters. The lowest BCUT2D eigenvalue weighted by Crippen LogP contribution is -2.22. The van der Waals surface area contributed by atoms with Crippen LogP contribution >= 0.6 is 0 Å². The van der Waals surface area contributed by atoms with E-state index in [4.69, 9.17) is 0 Å². The van der Waals surface area contributed by atoms with Gasteiger partial charge in [-0.05, 0) is 40.4 Å². The molecule has 0 aliphatic carbocycles. The third kappa shape index (κ3) is 4.12. The molecule has 2 nitrogen and oxygen atoms in total. The van der Waals surface area contributed by atoms with Crippen molar-refractivity contribution in [1.29, 1.82) is 0 Å². The average Bonchev–Trinajstić information content (AvgIpc) is 2.37. The minimum Gasteiger partial charge on any atom is -0.507 e. The van der Waals surface area contributed by atoms with Crippen molar-refractivity contribution in [2.75, 3.05) is 0 Å². The highest BCUT2D eigenvalue weighted by Gasteiger charge is 2.29. The zero-order chi connectivity index (χ0) is 17.3. The van der Waals surface area contributed by atoms with Crippen LogP contribution in [0.1, 0.15) is 78.5 Å². The van der Waals surface area contributed by atoms with Crippen molar-refractivity contribution >= 4 is 6.29 Å². The van der Waals surface area contributed by atoms with Crippen LogP contribution < -0.4 is 0 Å². The van der Waals surface area contributed by atoms with Gasteiger partial charge < -0.3 is 9.90 Å². The van der Waals surface area contributed by atoms with Crippen LogP contribution in [0.5, 0.6) is 5.75 Å². The lowest BCUT2D eigenvalue weighted by Gasteiger charge is -2.30. The normalized spacial score (nSPS) is 15.5. The molecule has 0 saturated carbocycles. The molecule has 0 fully saturated rings. The molecule has 0 aliphatic heterocycles. The number of benzene rings is 1. The van der Waals surface area contributed by atoms with E-state index >= 15 is 0 Å². The molecule has 1 aromatic rings. The molecule has 0 heterocycles. The van der Waals surface area contributed by atoms with Crippen LogP contribution in [-0.2, 0) is 22.0 Å². The highest BCUT2D eigenvalue weighted by molar-refractivity contribution is 5.60. The Balaban J connectivity index is 3.51. The Bertz CT molecular complexity index is 509. The van der Waals surface area contributed by atoms with Gasteiger partial charge in [-0.3, -0.25) is 0 Å². The Morgan fingerprint density at radius 2 is 1.36 bits per heavy atom. The van der Waals surface area contributed by atoms with E-state index in [0.717, 1.165) is 29.4 Å². The van der Waals surface area contributed by atoms with E-state index in [2.05, 4.69) is 53.7 Å². The molecule has 124 valence electrons. The van der Waals surface area contributed by atoms with Crippen molar-refractivity contribution in [3.05, 3.63) is 28.8 Å². The maximum absolute atomic E-state index is 11.4. The second-order valence-corrected chi connectivity index (χ2v) is 8.84. The molecule has 0 amide bonds. The number of hydrogen-bond acceptors (Lipinski definition) is 2. The molecular formula is C20H32O2. The van der Waals surface area contributed by atoms with Crippen LogP contribution in [0.3, 0.4) is 0 Å². The van der Waals surface area contributed by atoms with E-state index < -0.39 is 0 Å². The number of hydrogen-bond donors (Lipinski definition) is 1. The number of carbonyl (C=O) groups is 1. The molecule has 0 aromatic heterocycles. The minimum absolute atomic E-state index is 0.135. The predicted molar refractivity (Wildman–Crippen MR) is 93.7 cm³/mol. The van der Waals surface area contributed by atoms with Gasteiger partial charge in [-0.1, -0.05) is 67.5 Å². The van der Waals surface area contributed by atoms with E-state index in [-0.39, 0.29) is 16.2 Å². The van der Waals surface area contributed by atoms with Crippen LogP contribution in [0, 0.1) is 5.41 Å². The van der Waals surface area contributed by atoms with Gasteiger partial charge in [0.05, 0.1) is 0 Å². The van der Waals surface area contributed by atoms with Crippen molar-refractivity contribution < 1.29 is 9.90 Å². The zero-order valence-corrected chi connectivity index (χ0v) is 15.5. The summed E-state index contributed by atoms with van der Waals surface area (Å²) in [5.41, 5.74) is 2.43. The third-order valence-electron chi connectivity index (χ3n) is 4.49. The fourth-order valence-electron chi connectivity index (χ4n) is 2.66. The summed E-state index contributed by atoms with van der Waals surface area (Å²) in [5, 5.41) is 10.7. The summed E-state index contributed by atoms with van der Waals surface area (Å²) in [4.78, 5) is 11.4. The number of aromatic hydroxyl groups is 1. The van der Waals surface area contributed by atoms with Gasteiger partial charge in [0.15, 0.2) is 0 Å². The van der Waals surface area contributed by atoms with Gasteiger partial charge in [-0.25, -0.2) is 0 Å². The Morgan fingerprint density at radius 3 is 1.64 bits per heavy atom. The summed E-state index contributed by atoms with van der Waals surface area (Å²) in [6.07, 6.45) is 2.58. The molecule has 22 heavy (non-hydrogen) atoms. The SMILES string of the molecule is CCC(C)(C=O)Cc1cc(C(C)(C)C)c(O)c(C(C)(C)C)c1. The molecule has 2 heteroatoms. The first-order chi connectivity index (χ1) is 9.84. The molecule has 1 aromatic carbocycles. The van der Waals surface area contributed by atoms with Crippen LogP contribution in [-0.4, -0.2) is 11.4 Å². The third-order valence-corrected chi connectivity index (χ3v) is 4.49. The zero-order valence-electron chi connectivity index (χ0n) is 15.5. The second-order valence-electron chi connectivity index (χ2n) is 8.84. The molecule has 0 spiro atoms. The van der Waals surface area contributed by atoms with Crippen molar-refractivity contribution in [1.82, 2.24) is 0 Å². The largest absolute Gasteiger partial charge is 0.507 e. The molecule has 1 rings (SSSR count). The van der Waals surface area contributed by atoms with Gasteiger partial charge in [0.1, 0.15) is 12.0 Å². The molecule has 0 radical (unpaired) electrons. The number of carbonyl (C=O) groups excluding carboxylic acids is 1. The lowest BCUT2D eigenvalue weighted by atomic mass is 9.75. The fourth-order valence-corrected chi connectivity index (χ4v) is 2.66. The number of phenols is 1. The van der Waals surface area contributed by atoms with Gasteiger partial charge in [0.2, 0.25) is 0 Å². The highest BCUT2D eigenvalue weighted by Crippen LogP contribution is 2.40. The quantitative estimate of drug-likeness (QED) is 0.781. The average molecular weight is 304 g/mol. The predicted octanol–water partition coefficient (Wildman–Crippen LogP) is 5.14. The van der Waals surface area contributed by atoms with E-state index in [9.17, 15) is 9.90 Å². The van der Waals surface area contributed by atoms with E-state index in [1.54, 1.807) is 0 Å². The van der Waals surface area contributed by atoms with Gasteiger partial charge >= 0.3 is 0 Å². The maximum atomic E-state index is 11.4. The molecule has 1 atom stereocenters. The Morgan fingerprint density at radius 1 is 0.955 bits per heavy atom. The van der Waals surface area contributed by atoms with Crippen molar-refractivity contribution in [2.45, 2.75) is 79.1 Å². The van der Waals surface area contributed by atoms with Gasteiger partial charge in [-0.15, -0.1) is 0 Å². The first-order valence-corrected chi connectivity index (χ1v) is 8.17. The Hall–Kier alpha value is -1.31. The number of phenolic OH excluding ortho intramolecular Hbond substituents is 1. The van der Waals surface area contributed by atoms with Crippen LogP contribution in [0.15, 0.2) is 12.1 Å². The maximum Gasteiger partial charge on any atom is 0.126 e. The summed E-state index contributed by atoms with van der Waals surface area (Å²) < 4.78 is 0. The van der Waals surface area contributed by atoms with Crippen molar-refractivity contribution in [3.63, 3.8) is 0 Å². The van der Waals surface area contributed by atoms with Crippen LogP contribution in [0.25, 0.3) is 0 Å². The molecular weight excluding hydrogens is 272 g/mol. The molecule has 0 saturated heterocycles. The van der Waals surface area contributed by atoms with Crippen molar-refractivity contribution in [3.8, 4) is 5.75 Å². The summed E-state index contributed by atoms with van der Waals surface area (Å²) in [7, 11) is 0. The minimum atomic E-state index is -0.346. The molecule has 1 N–H and O–H groups in total. The lowest BCUT2D eigenvalue weighted by molar-refractivity contribution is -0.115. The van der Waals surface area contributed by atoms with E-state index in [1.807, 2.05) is 13.8 Å². The monoisotopic (exact) mass is 304 g/mol. The summed E-state index contributed by atoms with van der Waals surface area (Å²) in [5.74, 6) is 0.396. The van der Waals surface area contributed by atoms with Gasteiger partial charge in [0.25, 0.3) is 0 Å². The number of aldehydes is 1. The van der Waals surface area contributed by atoms with Gasteiger partial charge in [0, 0.05) is 5.41 Å². The number of rotatable bonds is 4. The summed E-state index contributed by atoms with van der Waals surface area (Å²) in [6, 6.07) is 4.14. The first kappa shape index (κ1) is 18.7. The highest BCUT2D eigenvalue weighted by atomic mass is 16.3. The van der Waals surface area contributed by atoms with Crippen LogP contribution in [0.2, 0.25) is 0 Å². The van der Waals surface area contributed by atoms with E-state index in [1.165, 1.54) is 0 Å². The standard InChI is InChI=1S/C20H32O2/c1-9-20(8,13-21)12-14-10-15(18(2,3)4)17(22)16(11-14)19(5,6)7/h10-11,13,22H,9,12H2,1-8H3. The second kappa shape index (κ2) is 6.06. The Labute approximate surface area is 135 Å². The fraction of sp³-hybridized carbons (Fsp3) is 0.650. The molecule has 0 aliphatic rings. The molecule has 0 bridgehead atoms. The summed E-state index contributed by atoms with van der Waals surface area (Å²) in [6.45, 7) is 16.7. The van der Waals surface area contributed by atoms with Gasteiger partial charge in [-0.2, -0.15) is 0 Å². The Kier molecular flexibility index (Phi) is 5.16. The van der Waals surface area contributed by atoms with Crippen LogP contribution in [0.4, 0.5) is 0 Å².